The Bertz CT molecular complexity index is 1270. The Balaban J connectivity index is 1.39. The number of methoxy groups -OCH3 is 1. The van der Waals surface area contributed by atoms with E-state index in [1.54, 1.807) is 17.0 Å². The van der Waals surface area contributed by atoms with Crippen molar-refractivity contribution in [1.82, 2.24) is 25.0 Å². The maximum absolute atomic E-state index is 13.1. The third-order valence-corrected chi connectivity index (χ3v) is 10.3. The Morgan fingerprint density at radius 1 is 1.31 bits per heavy atom. The fraction of sp³-hybridized carbons (Fsp3) is 0.654. The molecule has 0 saturated carbocycles. The zero-order valence-electron chi connectivity index (χ0n) is 22.6. The van der Waals surface area contributed by atoms with Crippen LogP contribution in [-0.4, -0.2) is 85.7 Å². The van der Waals surface area contributed by atoms with E-state index in [0.717, 1.165) is 17.7 Å². The van der Waals surface area contributed by atoms with Crippen molar-refractivity contribution in [3.63, 3.8) is 0 Å². The van der Waals surface area contributed by atoms with Crippen LogP contribution in [0.4, 0.5) is 10.5 Å². The highest BCUT2D eigenvalue weighted by molar-refractivity contribution is 7.89. The molecule has 3 N–H and O–H groups in total. The van der Waals surface area contributed by atoms with Gasteiger partial charge in [-0.15, -0.1) is 0 Å². The van der Waals surface area contributed by atoms with E-state index in [-0.39, 0.29) is 30.4 Å². The number of likely N-dealkylation sites (tertiary alicyclic amines) is 1. The molecule has 3 atom stereocenters. The van der Waals surface area contributed by atoms with Gasteiger partial charge in [-0.05, 0) is 48.9 Å². The van der Waals surface area contributed by atoms with Crippen LogP contribution in [0.3, 0.4) is 0 Å². The molecule has 3 fully saturated rings. The number of nitrogens with zero attached hydrogens (tertiary/aromatic N) is 4. The van der Waals surface area contributed by atoms with Crippen LogP contribution in [0.15, 0.2) is 23.1 Å². The molecule has 4 aliphatic heterocycles. The van der Waals surface area contributed by atoms with Crippen LogP contribution in [0, 0.1) is 23.2 Å². The van der Waals surface area contributed by atoms with Gasteiger partial charge in [0.1, 0.15) is 6.17 Å². The average molecular weight is 560 g/mol. The molecular weight excluding hydrogens is 522 g/mol. The van der Waals surface area contributed by atoms with Gasteiger partial charge in [0.15, 0.2) is 0 Å². The summed E-state index contributed by atoms with van der Waals surface area (Å²) in [6.45, 7) is 6.23. The van der Waals surface area contributed by atoms with Gasteiger partial charge in [-0.1, -0.05) is 13.8 Å². The number of hydrazine groups is 1. The quantitative estimate of drug-likeness (QED) is 0.471. The summed E-state index contributed by atoms with van der Waals surface area (Å²) in [5, 5.41) is 18.3. The molecule has 4 aliphatic rings. The summed E-state index contributed by atoms with van der Waals surface area (Å²) in [4.78, 5) is 27.2. The van der Waals surface area contributed by atoms with Crippen LogP contribution in [0.25, 0.3) is 0 Å². The first kappa shape index (κ1) is 27.6. The number of carbonyl (C=O) groups excluding carboxylic acids is 2. The number of amides is 2. The molecule has 3 saturated heterocycles. The molecule has 0 aromatic heterocycles. The van der Waals surface area contributed by atoms with Crippen LogP contribution < -0.4 is 16.1 Å². The van der Waals surface area contributed by atoms with E-state index in [0.29, 0.717) is 50.5 Å². The standard InChI is InChI=1S/C26H37N7O5S/c1-17(2)15-32-16-18-14-19(4-5-21(18)39(32,36)37)29-23-22-20(6-11-28-24(22)34)33(30-23)26(7-10-27)8-12-31(13-9-26)25(35)38-3/h4-5,14,17,20,22-23,29-30H,6-9,11-13,15-16H2,1-3H3,(H,28,34). The highest BCUT2D eigenvalue weighted by Gasteiger charge is 2.55. The van der Waals surface area contributed by atoms with Gasteiger partial charge in [-0.25, -0.2) is 23.6 Å². The molecule has 2 amide bonds. The van der Waals surface area contributed by atoms with Crippen LogP contribution >= 0.6 is 0 Å². The van der Waals surface area contributed by atoms with Crippen LogP contribution in [0.5, 0.6) is 0 Å². The number of fused-ring (bicyclic) bond motifs is 2. The van der Waals surface area contributed by atoms with E-state index >= 15 is 0 Å². The highest BCUT2D eigenvalue weighted by atomic mass is 32.2. The summed E-state index contributed by atoms with van der Waals surface area (Å²) in [7, 11) is -2.15. The average Bonchev–Trinajstić information content (AvgIpc) is 3.39. The van der Waals surface area contributed by atoms with Crippen molar-refractivity contribution in [3.8, 4) is 6.07 Å². The van der Waals surface area contributed by atoms with E-state index < -0.39 is 27.6 Å². The molecule has 0 spiro atoms. The number of anilines is 1. The number of rotatable bonds is 6. The van der Waals surface area contributed by atoms with Gasteiger partial charge < -0.3 is 20.3 Å². The summed E-state index contributed by atoms with van der Waals surface area (Å²) < 4.78 is 32.4. The van der Waals surface area contributed by atoms with Crippen molar-refractivity contribution >= 4 is 27.7 Å². The SMILES string of the molecule is COC(=O)N1CCC(CC#N)(N2NC(Nc3ccc4c(c3)CN(CC(C)C)S4(=O)=O)C3C(=O)NCCC32)CC1. The van der Waals surface area contributed by atoms with Gasteiger partial charge in [-0.2, -0.15) is 9.57 Å². The molecule has 13 heteroatoms. The van der Waals surface area contributed by atoms with E-state index in [1.165, 1.54) is 11.4 Å². The molecular formula is C26H37N7O5S. The maximum Gasteiger partial charge on any atom is 0.409 e. The second kappa shape index (κ2) is 10.6. The van der Waals surface area contributed by atoms with Gasteiger partial charge in [0, 0.05) is 44.5 Å². The summed E-state index contributed by atoms with van der Waals surface area (Å²) in [5.41, 5.74) is 4.45. The van der Waals surface area contributed by atoms with Crippen LogP contribution in [0.2, 0.25) is 0 Å². The third kappa shape index (κ3) is 4.95. The molecule has 5 rings (SSSR count). The first-order valence-corrected chi connectivity index (χ1v) is 15.0. The molecule has 0 aliphatic carbocycles. The van der Waals surface area contributed by atoms with Crippen molar-refractivity contribution in [2.24, 2.45) is 11.8 Å². The van der Waals surface area contributed by atoms with Crippen molar-refractivity contribution in [1.29, 1.82) is 5.26 Å². The molecule has 3 unspecified atom stereocenters. The monoisotopic (exact) mass is 559 g/mol. The predicted octanol–water partition coefficient (Wildman–Crippen LogP) is 1.42. The number of hydrogen-bond acceptors (Lipinski definition) is 9. The van der Waals surface area contributed by atoms with Crippen LogP contribution in [0.1, 0.15) is 45.1 Å². The van der Waals surface area contributed by atoms with Crippen molar-refractivity contribution < 1.29 is 22.7 Å². The lowest BCUT2D eigenvalue weighted by Crippen LogP contribution is -2.62. The van der Waals surface area contributed by atoms with Gasteiger partial charge >= 0.3 is 6.09 Å². The third-order valence-electron chi connectivity index (χ3n) is 8.39. The minimum atomic E-state index is -3.51. The summed E-state index contributed by atoms with van der Waals surface area (Å²) in [5.74, 6) is -0.269. The number of nitrogens with one attached hydrogen (secondary N) is 3. The van der Waals surface area contributed by atoms with Gasteiger partial charge in [-0.3, -0.25) is 4.79 Å². The summed E-state index contributed by atoms with van der Waals surface area (Å²) >= 11 is 0. The van der Waals surface area contributed by atoms with Crippen molar-refractivity contribution in [3.05, 3.63) is 23.8 Å². The lowest BCUT2D eigenvalue weighted by Gasteiger charge is -2.48. The second-order valence-corrected chi connectivity index (χ2v) is 13.2. The molecule has 0 radical (unpaired) electrons. The van der Waals surface area contributed by atoms with Gasteiger partial charge in [0.05, 0.1) is 36.0 Å². The zero-order valence-corrected chi connectivity index (χ0v) is 23.5. The van der Waals surface area contributed by atoms with E-state index in [4.69, 9.17) is 4.74 Å². The smallest absolute Gasteiger partial charge is 0.409 e. The maximum atomic E-state index is 13.1. The minimum Gasteiger partial charge on any atom is -0.453 e. The fourth-order valence-corrected chi connectivity index (χ4v) is 8.28. The first-order valence-electron chi connectivity index (χ1n) is 13.5. The largest absolute Gasteiger partial charge is 0.453 e. The number of carbonyl (C=O) groups is 2. The number of piperidine rings is 2. The van der Waals surface area contributed by atoms with Crippen LogP contribution in [-0.2, 0) is 26.1 Å². The topological polar surface area (TPSA) is 147 Å². The Morgan fingerprint density at radius 2 is 2.05 bits per heavy atom. The molecule has 39 heavy (non-hydrogen) atoms. The fourth-order valence-electron chi connectivity index (χ4n) is 6.51. The minimum absolute atomic E-state index is 0.0651. The number of sulfonamides is 1. The zero-order chi connectivity index (χ0) is 27.9. The van der Waals surface area contributed by atoms with Gasteiger partial charge in [0.25, 0.3) is 0 Å². The normalized spacial score (nSPS) is 27.9. The van der Waals surface area contributed by atoms with Gasteiger partial charge in [0.2, 0.25) is 15.9 Å². The molecule has 212 valence electrons. The molecule has 0 bridgehead atoms. The molecule has 1 aromatic rings. The second-order valence-electron chi connectivity index (χ2n) is 11.3. The first-order chi connectivity index (χ1) is 18.6. The summed E-state index contributed by atoms with van der Waals surface area (Å²) in [6.07, 6.45) is 1.30. The number of nitriles is 1. The highest BCUT2D eigenvalue weighted by Crippen LogP contribution is 2.41. The molecule has 12 nitrogen and oxygen atoms in total. The Kier molecular flexibility index (Phi) is 7.49. The number of hydrogen-bond donors (Lipinski definition) is 3. The lowest BCUT2D eigenvalue weighted by atomic mass is 9.81. The van der Waals surface area contributed by atoms with E-state index in [2.05, 4.69) is 27.1 Å². The molecule has 4 heterocycles. The lowest BCUT2D eigenvalue weighted by molar-refractivity contribution is -0.128. The predicted molar refractivity (Wildman–Crippen MR) is 142 cm³/mol. The summed E-state index contributed by atoms with van der Waals surface area (Å²) in [6, 6.07) is 7.44. The Labute approximate surface area is 229 Å². The van der Waals surface area contributed by atoms with Crippen molar-refractivity contribution in [2.45, 2.75) is 68.7 Å². The Morgan fingerprint density at radius 3 is 2.72 bits per heavy atom. The van der Waals surface area contributed by atoms with E-state index in [9.17, 15) is 23.3 Å². The molecule has 1 aromatic carbocycles. The Hall–Kier alpha value is -2.92. The van der Waals surface area contributed by atoms with Crippen molar-refractivity contribution in [2.75, 3.05) is 38.6 Å². The van der Waals surface area contributed by atoms with E-state index in [1.807, 2.05) is 19.9 Å². The number of ether oxygens (including phenoxy) is 1. The number of benzene rings is 1.